The summed E-state index contributed by atoms with van der Waals surface area (Å²) >= 11 is 5.95. The molecule has 1 fully saturated rings. The van der Waals surface area contributed by atoms with Crippen LogP contribution in [0.25, 0.3) is 144 Å². The number of phenolic OH excluding ortho intramolecular Hbond substituents is 1. The third-order valence-corrected chi connectivity index (χ3v) is 17.8. The number of benzene rings is 11. The number of phenols is 1. The van der Waals surface area contributed by atoms with Crippen LogP contribution in [0.3, 0.4) is 0 Å². The smallest absolute Gasteiger partial charge is 0.259 e. The monoisotopic (exact) mass is 1310 g/mol. The molecule has 0 atom stereocenters. The number of hydrogen-bond acceptors (Lipinski definition) is 6. The third kappa shape index (κ3) is 10.4. The summed E-state index contributed by atoms with van der Waals surface area (Å²) in [6.07, 6.45) is 6.04. The van der Waals surface area contributed by atoms with Gasteiger partial charge in [0.25, 0.3) is 5.56 Å². The van der Waals surface area contributed by atoms with Gasteiger partial charge in [-0.25, -0.2) is 15.0 Å². The van der Waals surface area contributed by atoms with Crippen molar-refractivity contribution in [1.82, 2.24) is 44.8 Å². The van der Waals surface area contributed by atoms with Gasteiger partial charge in [0.1, 0.15) is 23.2 Å². The average molecular weight is 1310 g/mol. The molecule has 5 aromatic heterocycles. The van der Waals surface area contributed by atoms with E-state index in [1.807, 2.05) is 79.0 Å². The van der Waals surface area contributed by atoms with Crippen LogP contribution in [0, 0.1) is 3.57 Å². The molecule has 0 saturated carbocycles. The summed E-state index contributed by atoms with van der Waals surface area (Å²) in [4.78, 5) is 47.0. The number of aromatic nitrogens is 8. The molecule has 422 valence electrons. The number of likely N-dealkylation sites (tertiary alicyclic amines) is 1. The highest BCUT2D eigenvalue weighted by molar-refractivity contribution is 14.1. The largest absolute Gasteiger partial charge is 0.508 e. The number of aromatic amines is 5. The molecule has 0 amide bonds. The van der Waals surface area contributed by atoms with Gasteiger partial charge in [-0.15, -0.1) is 0 Å². The van der Waals surface area contributed by atoms with Crippen molar-refractivity contribution in [3.8, 4) is 62.4 Å². The number of nitrogens with one attached hydrogen (secondary N) is 5. The van der Waals surface area contributed by atoms with Crippen molar-refractivity contribution in [2.75, 3.05) is 13.1 Å². The minimum atomic E-state index is -0.147. The summed E-state index contributed by atoms with van der Waals surface area (Å²) in [7, 11) is 0. The van der Waals surface area contributed by atoms with Crippen LogP contribution >= 0.6 is 38.5 Å². The lowest BCUT2D eigenvalue weighted by atomic mass is 10.0. The summed E-state index contributed by atoms with van der Waals surface area (Å²) in [5.41, 5.74) is 13.8. The number of imidazole rings is 3. The predicted molar refractivity (Wildman–Crippen MR) is 369 cm³/mol. The molecule has 11 aromatic carbocycles. The fourth-order valence-corrected chi connectivity index (χ4v) is 13.3. The van der Waals surface area contributed by atoms with Crippen LogP contribution in [0.1, 0.15) is 24.8 Å². The molecule has 1 aliphatic heterocycles. The SMILES string of the molecule is Brc1ccc2[nH]cc(-c3nc(-c4ccccc4)c(-c4ccc(CN5CCCCC5)cc4)[nH]3)c2c1.O=c1[nH]c2ccccc2cc1-c1nc2c3ccccc3c3ccccc3c2[nH]1.Oc1cccc(-c2nc3c4cc(I)ccc4c4ccccc4c3[nH]2)c1. The maximum Gasteiger partial charge on any atom is 0.259 e. The van der Waals surface area contributed by atoms with Crippen LogP contribution in [0.2, 0.25) is 0 Å². The van der Waals surface area contributed by atoms with E-state index in [9.17, 15) is 9.90 Å². The first-order valence-corrected chi connectivity index (χ1v) is 31.1. The van der Waals surface area contributed by atoms with Gasteiger partial charge in [-0.2, -0.15) is 0 Å². The van der Waals surface area contributed by atoms with Gasteiger partial charge in [0.05, 0.1) is 39.0 Å². The zero-order valence-corrected chi connectivity index (χ0v) is 50.7. The number of piperidine rings is 1. The van der Waals surface area contributed by atoms with Crippen LogP contribution in [-0.2, 0) is 6.54 Å². The van der Waals surface area contributed by atoms with Gasteiger partial charge in [-0.1, -0.05) is 186 Å². The Labute approximate surface area is 521 Å². The number of aromatic hydroxyl groups is 1. The van der Waals surface area contributed by atoms with E-state index in [0.717, 1.165) is 127 Å². The maximum atomic E-state index is 12.7. The number of fused-ring (bicyclic) bond motifs is 14. The van der Waals surface area contributed by atoms with Gasteiger partial charge in [0.2, 0.25) is 0 Å². The quantitative estimate of drug-likeness (QED) is 0.0689. The number of rotatable bonds is 7. The van der Waals surface area contributed by atoms with E-state index in [0.29, 0.717) is 11.4 Å². The van der Waals surface area contributed by atoms with Crippen molar-refractivity contribution < 1.29 is 5.11 Å². The molecule has 1 saturated heterocycles. The number of hydrogen-bond donors (Lipinski definition) is 6. The number of para-hydroxylation sites is 1. The Morgan fingerprint density at radius 3 is 1.84 bits per heavy atom. The highest BCUT2D eigenvalue weighted by atomic mass is 127. The molecule has 0 spiro atoms. The second-order valence-corrected chi connectivity index (χ2v) is 24.4. The number of H-pyrrole nitrogens is 5. The van der Waals surface area contributed by atoms with Gasteiger partial charge in [0, 0.05) is 81.0 Å². The molecule has 87 heavy (non-hydrogen) atoms. The van der Waals surface area contributed by atoms with E-state index in [-0.39, 0.29) is 11.3 Å². The van der Waals surface area contributed by atoms with Gasteiger partial charge in [0.15, 0.2) is 0 Å². The van der Waals surface area contributed by atoms with Crippen molar-refractivity contribution in [3.63, 3.8) is 0 Å². The van der Waals surface area contributed by atoms with E-state index in [1.54, 1.807) is 12.1 Å². The Balaban J connectivity index is 0.000000111. The fraction of sp³-hybridized carbons (Fsp3) is 0.0811. The van der Waals surface area contributed by atoms with Gasteiger partial charge in [-0.05, 0) is 136 Å². The minimum Gasteiger partial charge on any atom is -0.508 e. The highest BCUT2D eigenvalue weighted by Crippen LogP contribution is 2.40. The minimum absolute atomic E-state index is 0.147. The molecule has 0 aliphatic carbocycles. The Kier molecular flexibility index (Phi) is 14.3. The first-order valence-electron chi connectivity index (χ1n) is 29.2. The van der Waals surface area contributed by atoms with Gasteiger partial charge < -0.3 is 30.0 Å². The van der Waals surface area contributed by atoms with Crippen molar-refractivity contribution in [1.29, 1.82) is 0 Å². The first kappa shape index (κ1) is 54.0. The third-order valence-electron chi connectivity index (χ3n) is 16.7. The molecule has 0 unspecified atom stereocenters. The lowest BCUT2D eigenvalue weighted by Gasteiger charge is -2.26. The van der Waals surface area contributed by atoms with Crippen LogP contribution in [0.15, 0.2) is 234 Å². The number of halogens is 2. The fourth-order valence-electron chi connectivity index (χ4n) is 12.5. The van der Waals surface area contributed by atoms with Crippen molar-refractivity contribution in [3.05, 3.63) is 249 Å². The Bertz CT molecular complexity index is 5260. The molecule has 0 radical (unpaired) electrons. The molecule has 13 heteroatoms. The zero-order chi connectivity index (χ0) is 58.5. The van der Waals surface area contributed by atoms with Gasteiger partial charge in [-0.3, -0.25) is 9.69 Å². The van der Waals surface area contributed by atoms with E-state index in [2.05, 4.69) is 202 Å². The number of nitrogens with zero attached hydrogens (tertiary/aromatic N) is 4. The summed E-state index contributed by atoms with van der Waals surface area (Å²) < 4.78 is 2.24. The van der Waals surface area contributed by atoms with Crippen molar-refractivity contribution in [2.24, 2.45) is 0 Å². The molecular weight excluding hydrogens is 1250 g/mol. The average Bonchev–Trinajstić information content (AvgIpc) is 3.17. The molecule has 6 heterocycles. The summed E-state index contributed by atoms with van der Waals surface area (Å²) in [5, 5.41) is 21.2. The molecule has 0 bridgehead atoms. The molecule has 11 nitrogen and oxygen atoms in total. The standard InChI is InChI=1S/C29H27BrN4.C24H15N3O.C21H13IN2O/c30-23-13-14-26-24(17-23)25(18-31-26)29-32-27(21-7-3-1-4-8-21)28(33-29)22-11-9-20(10-12-22)19-34-15-5-2-6-16-34;28-24-19(13-14-7-1-6-12-20(14)25-24)23-26-21-17-10-4-2-8-15(17)16-9-3-5-11-18(16)22(21)27-23;22-13-8-9-16-15-6-1-2-7-17(15)19-20(18(16)11-13)24-21(23-19)12-4-3-5-14(25)10-12/h1,3-4,7-14,17-18,31H,2,5-6,15-16,19H2,(H,32,33);1-13H,(H,25,28)(H,26,27);1-11,25H,(H,23,24). The van der Waals surface area contributed by atoms with E-state index >= 15 is 0 Å². The van der Waals surface area contributed by atoms with Crippen LogP contribution in [0.4, 0.5) is 0 Å². The Hall–Kier alpha value is -9.67. The predicted octanol–water partition coefficient (Wildman–Crippen LogP) is 18.9. The topological polar surface area (TPSA) is 158 Å². The Morgan fingerprint density at radius 1 is 0.471 bits per heavy atom. The molecule has 16 aromatic rings. The second-order valence-electron chi connectivity index (χ2n) is 22.2. The lowest BCUT2D eigenvalue weighted by Crippen LogP contribution is -2.28. The molecule has 6 N–H and O–H groups in total. The van der Waals surface area contributed by atoms with Crippen molar-refractivity contribution in [2.45, 2.75) is 25.8 Å². The maximum absolute atomic E-state index is 12.7. The van der Waals surface area contributed by atoms with Crippen LogP contribution < -0.4 is 5.56 Å². The van der Waals surface area contributed by atoms with Crippen LogP contribution in [-0.4, -0.2) is 63.0 Å². The second kappa shape index (κ2) is 23.0. The van der Waals surface area contributed by atoms with E-state index < -0.39 is 0 Å². The van der Waals surface area contributed by atoms with Crippen LogP contribution in [0.5, 0.6) is 5.75 Å². The highest BCUT2D eigenvalue weighted by Gasteiger charge is 2.21. The zero-order valence-electron chi connectivity index (χ0n) is 47.0. The summed E-state index contributed by atoms with van der Waals surface area (Å²) in [6.45, 7) is 3.46. The summed E-state index contributed by atoms with van der Waals surface area (Å²) in [6, 6.07) is 74.0. The summed E-state index contributed by atoms with van der Waals surface area (Å²) in [5.74, 6) is 2.46. The Morgan fingerprint density at radius 2 is 1.09 bits per heavy atom. The molecule has 17 rings (SSSR count). The van der Waals surface area contributed by atoms with Gasteiger partial charge >= 0.3 is 0 Å². The first-order chi connectivity index (χ1) is 42.7. The normalized spacial score (nSPS) is 12.8. The van der Waals surface area contributed by atoms with Crippen molar-refractivity contribution >= 4 is 125 Å². The molecular formula is C74H55BrIN9O2. The lowest BCUT2D eigenvalue weighted by molar-refractivity contribution is 0.221. The van der Waals surface area contributed by atoms with E-state index in [1.165, 1.54) is 57.6 Å². The van der Waals surface area contributed by atoms with E-state index in [4.69, 9.17) is 15.0 Å². The molecule has 1 aliphatic rings. The number of pyridine rings is 1.